The zero-order valence-corrected chi connectivity index (χ0v) is 11.4. The van der Waals surface area contributed by atoms with E-state index in [4.69, 9.17) is 0 Å². The summed E-state index contributed by atoms with van der Waals surface area (Å²) in [5, 5.41) is 6.44. The van der Waals surface area contributed by atoms with Crippen LogP contribution in [0.25, 0.3) is 0 Å². The molecule has 2 N–H and O–H groups in total. The van der Waals surface area contributed by atoms with Crippen molar-refractivity contribution in [1.29, 1.82) is 0 Å². The Kier molecular flexibility index (Phi) is 4.75. The van der Waals surface area contributed by atoms with Crippen molar-refractivity contribution in [3.8, 4) is 0 Å². The summed E-state index contributed by atoms with van der Waals surface area (Å²) in [6.45, 7) is 6.00. The molecular formula is C13H23N5. The Bertz CT molecular complexity index is 374. The zero-order chi connectivity index (χ0) is 12.8. The van der Waals surface area contributed by atoms with Crippen LogP contribution in [-0.4, -0.2) is 43.2 Å². The Labute approximate surface area is 109 Å². The lowest BCUT2D eigenvalue weighted by molar-refractivity contribution is 0.572. The lowest BCUT2D eigenvalue weighted by Crippen LogP contribution is -2.30. The molecule has 1 saturated heterocycles. The van der Waals surface area contributed by atoms with Crippen molar-refractivity contribution in [3.63, 3.8) is 0 Å². The Morgan fingerprint density at radius 2 is 1.94 bits per heavy atom. The summed E-state index contributed by atoms with van der Waals surface area (Å²) in [4.78, 5) is 11.3. The molecule has 5 heteroatoms. The van der Waals surface area contributed by atoms with Gasteiger partial charge in [-0.3, -0.25) is 0 Å². The van der Waals surface area contributed by atoms with Crippen LogP contribution in [0.3, 0.4) is 0 Å². The number of nitrogens with zero attached hydrogens (tertiary/aromatic N) is 3. The number of hydrogen-bond acceptors (Lipinski definition) is 5. The Morgan fingerprint density at radius 3 is 2.67 bits per heavy atom. The summed E-state index contributed by atoms with van der Waals surface area (Å²) in [7, 11) is 1.95. The molecule has 1 aliphatic rings. The van der Waals surface area contributed by atoms with Gasteiger partial charge in [0, 0.05) is 32.2 Å². The molecule has 100 valence electrons. The van der Waals surface area contributed by atoms with Crippen LogP contribution in [0.5, 0.6) is 0 Å². The first-order valence-electron chi connectivity index (χ1n) is 6.78. The number of hydrogen-bond donors (Lipinski definition) is 2. The van der Waals surface area contributed by atoms with E-state index >= 15 is 0 Å². The fourth-order valence-corrected chi connectivity index (χ4v) is 2.24. The predicted octanol–water partition coefficient (Wildman–Crippen LogP) is 1.41. The summed E-state index contributed by atoms with van der Waals surface area (Å²) >= 11 is 0. The molecule has 0 atom stereocenters. The van der Waals surface area contributed by atoms with Crippen LogP contribution < -0.4 is 15.5 Å². The standard InChI is InChI=1S/C13H23N5/c1-11-16-12(15-7-6-14-2)10-13(17-11)18-8-4-3-5-9-18/h10,14H,3-9H2,1-2H3,(H,15,16,17). The van der Waals surface area contributed by atoms with Crippen LogP contribution in [0, 0.1) is 6.92 Å². The Morgan fingerprint density at radius 1 is 1.17 bits per heavy atom. The normalized spacial score (nSPS) is 15.8. The smallest absolute Gasteiger partial charge is 0.134 e. The summed E-state index contributed by atoms with van der Waals surface area (Å²) in [5.74, 6) is 2.83. The third-order valence-electron chi connectivity index (χ3n) is 3.19. The second-order valence-corrected chi connectivity index (χ2v) is 4.74. The van der Waals surface area contributed by atoms with Gasteiger partial charge < -0.3 is 15.5 Å². The molecule has 0 amide bonds. The molecule has 0 radical (unpaired) electrons. The molecule has 1 aromatic rings. The van der Waals surface area contributed by atoms with Crippen LogP contribution in [0.2, 0.25) is 0 Å². The average Bonchev–Trinajstić information content (AvgIpc) is 2.39. The molecule has 1 aliphatic heterocycles. The third kappa shape index (κ3) is 3.57. The summed E-state index contributed by atoms with van der Waals surface area (Å²) in [5.41, 5.74) is 0. The Balaban J connectivity index is 2.05. The van der Waals surface area contributed by atoms with E-state index in [2.05, 4.69) is 31.6 Å². The maximum absolute atomic E-state index is 4.54. The molecular weight excluding hydrogens is 226 g/mol. The quantitative estimate of drug-likeness (QED) is 0.773. The molecule has 0 unspecified atom stereocenters. The topological polar surface area (TPSA) is 53.1 Å². The van der Waals surface area contributed by atoms with Gasteiger partial charge in [0.05, 0.1) is 0 Å². The molecule has 0 aromatic carbocycles. The third-order valence-corrected chi connectivity index (χ3v) is 3.19. The molecule has 0 aliphatic carbocycles. The number of nitrogens with one attached hydrogen (secondary N) is 2. The lowest BCUT2D eigenvalue weighted by Gasteiger charge is -2.28. The van der Waals surface area contributed by atoms with Gasteiger partial charge in [0.1, 0.15) is 17.5 Å². The number of likely N-dealkylation sites (N-methyl/N-ethyl adjacent to an activating group) is 1. The molecule has 1 aromatic heterocycles. The summed E-state index contributed by atoms with van der Waals surface area (Å²) in [6, 6.07) is 2.06. The second kappa shape index (κ2) is 6.54. The first kappa shape index (κ1) is 13.1. The van der Waals surface area contributed by atoms with Crippen LogP contribution in [0.15, 0.2) is 6.07 Å². The molecule has 2 heterocycles. The monoisotopic (exact) mass is 249 g/mol. The summed E-state index contributed by atoms with van der Waals surface area (Å²) < 4.78 is 0. The van der Waals surface area contributed by atoms with Crippen molar-refractivity contribution in [1.82, 2.24) is 15.3 Å². The van der Waals surface area contributed by atoms with E-state index in [-0.39, 0.29) is 0 Å². The van der Waals surface area contributed by atoms with E-state index in [0.717, 1.165) is 43.6 Å². The van der Waals surface area contributed by atoms with Crippen molar-refractivity contribution in [2.24, 2.45) is 0 Å². The minimum atomic E-state index is 0.838. The maximum atomic E-state index is 4.54. The molecule has 5 nitrogen and oxygen atoms in total. The molecule has 2 rings (SSSR count). The van der Waals surface area contributed by atoms with E-state index in [1.807, 2.05) is 14.0 Å². The fourth-order valence-electron chi connectivity index (χ4n) is 2.24. The molecule has 1 fully saturated rings. The largest absolute Gasteiger partial charge is 0.369 e. The van der Waals surface area contributed by atoms with Gasteiger partial charge in [-0.15, -0.1) is 0 Å². The van der Waals surface area contributed by atoms with Crippen molar-refractivity contribution in [2.45, 2.75) is 26.2 Å². The molecule has 0 saturated carbocycles. The highest BCUT2D eigenvalue weighted by atomic mass is 15.2. The van der Waals surface area contributed by atoms with Crippen LogP contribution in [0.4, 0.5) is 11.6 Å². The molecule has 0 bridgehead atoms. The zero-order valence-electron chi connectivity index (χ0n) is 11.4. The van der Waals surface area contributed by atoms with Crippen molar-refractivity contribution in [2.75, 3.05) is 43.4 Å². The van der Waals surface area contributed by atoms with Gasteiger partial charge in [-0.05, 0) is 33.2 Å². The van der Waals surface area contributed by atoms with E-state index in [9.17, 15) is 0 Å². The highest BCUT2D eigenvalue weighted by Gasteiger charge is 2.13. The van der Waals surface area contributed by atoms with Crippen LogP contribution >= 0.6 is 0 Å². The first-order valence-corrected chi connectivity index (χ1v) is 6.78. The fraction of sp³-hybridized carbons (Fsp3) is 0.692. The van der Waals surface area contributed by atoms with E-state index in [1.165, 1.54) is 19.3 Å². The number of piperidine rings is 1. The molecule has 18 heavy (non-hydrogen) atoms. The summed E-state index contributed by atoms with van der Waals surface area (Å²) in [6.07, 6.45) is 3.88. The highest BCUT2D eigenvalue weighted by Crippen LogP contribution is 2.20. The second-order valence-electron chi connectivity index (χ2n) is 4.74. The van der Waals surface area contributed by atoms with Crippen LogP contribution in [-0.2, 0) is 0 Å². The van der Waals surface area contributed by atoms with Gasteiger partial charge in [0.2, 0.25) is 0 Å². The van der Waals surface area contributed by atoms with Gasteiger partial charge >= 0.3 is 0 Å². The lowest BCUT2D eigenvalue weighted by atomic mass is 10.1. The van der Waals surface area contributed by atoms with Gasteiger partial charge in [-0.2, -0.15) is 0 Å². The molecule has 0 spiro atoms. The van der Waals surface area contributed by atoms with E-state index in [1.54, 1.807) is 0 Å². The van der Waals surface area contributed by atoms with Gasteiger partial charge in [-0.1, -0.05) is 0 Å². The minimum absolute atomic E-state index is 0.838. The Hall–Kier alpha value is -1.36. The van der Waals surface area contributed by atoms with Gasteiger partial charge in [-0.25, -0.2) is 9.97 Å². The number of rotatable bonds is 5. The maximum Gasteiger partial charge on any atom is 0.134 e. The van der Waals surface area contributed by atoms with Gasteiger partial charge in [0.15, 0.2) is 0 Å². The van der Waals surface area contributed by atoms with Crippen molar-refractivity contribution >= 4 is 11.6 Å². The number of aryl methyl sites for hydroxylation is 1. The minimum Gasteiger partial charge on any atom is -0.369 e. The number of anilines is 2. The van der Waals surface area contributed by atoms with Crippen LogP contribution in [0.1, 0.15) is 25.1 Å². The average molecular weight is 249 g/mol. The van der Waals surface area contributed by atoms with Crippen molar-refractivity contribution < 1.29 is 0 Å². The SMILES string of the molecule is CNCCNc1cc(N2CCCCC2)nc(C)n1. The van der Waals surface area contributed by atoms with E-state index < -0.39 is 0 Å². The van der Waals surface area contributed by atoms with Crippen molar-refractivity contribution in [3.05, 3.63) is 11.9 Å². The predicted molar refractivity (Wildman–Crippen MR) is 75.2 cm³/mol. The number of aromatic nitrogens is 2. The van der Waals surface area contributed by atoms with Gasteiger partial charge in [0.25, 0.3) is 0 Å². The highest BCUT2D eigenvalue weighted by molar-refractivity contribution is 5.49. The van der Waals surface area contributed by atoms with E-state index in [0.29, 0.717) is 0 Å². The first-order chi connectivity index (χ1) is 8.79.